The van der Waals surface area contributed by atoms with Crippen molar-refractivity contribution in [2.24, 2.45) is 5.73 Å². The van der Waals surface area contributed by atoms with E-state index in [0.29, 0.717) is 0 Å². The van der Waals surface area contributed by atoms with Crippen LogP contribution in [0.1, 0.15) is 12.8 Å². The first-order valence-electron chi connectivity index (χ1n) is 7.09. The molecule has 3 nitrogen and oxygen atoms in total. The van der Waals surface area contributed by atoms with Gasteiger partial charge in [-0.3, -0.25) is 0 Å². The molecule has 0 aromatic heterocycles. The van der Waals surface area contributed by atoms with Gasteiger partial charge in [-0.15, -0.1) is 0 Å². The summed E-state index contributed by atoms with van der Waals surface area (Å²) in [5.41, 5.74) is 5.69. The summed E-state index contributed by atoms with van der Waals surface area (Å²) in [6, 6.07) is 0. The molecule has 0 bridgehead atoms. The summed E-state index contributed by atoms with van der Waals surface area (Å²) < 4.78 is 0. The smallest absolute Gasteiger partial charge is 0.0110 e. The summed E-state index contributed by atoms with van der Waals surface area (Å²) in [5.74, 6) is 5.26. The fourth-order valence-corrected chi connectivity index (χ4v) is 4.11. The van der Waals surface area contributed by atoms with Crippen LogP contribution in [0.4, 0.5) is 0 Å². The van der Waals surface area contributed by atoms with Crippen LogP contribution in [0.5, 0.6) is 0 Å². The molecule has 0 amide bonds. The lowest BCUT2D eigenvalue weighted by Crippen LogP contribution is -2.37. The van der Waals surface area contributed by atoms with E-state index in [1.807, 2.05) is 0 Å². The first-order chi connectivity index (χ1) is 8.83. The average Bonchev–Trinajstić information content (AvgIpc) is 2.37. The number of hydrogen-bond donors (Lipinski definition) is 1. The van der Waals surface area contributed by atoms with Crippen LogP contribution in [0.3, 0.4) is 0 Å². The molecule has 1 heterocycles. The van der Waals surface area contributed by atoms with E-state index < -0.39 is 0 Å². The molecule has 0 aromatic carbocycles. The third-order valence-electron chi connectivity index (χ3n) is 3.21. The van der Waals surface area contributed by atoms with Crippen LogP contribution in [0.15, 0.2) is 0 Å². The maximum atomic E-state index is 5.69. The maximum Gasteiger partial charge on any atom is 0.0110 e. The standard InChI is InChI=1S/C13H29N3S2/c1-15-5-2-10-17-12-13-18-11-3-6-16(7-4-14)9-8-15/h2-14H2,1H3. The predicted molar refractivity (Wildman–Crippen MR) is 86.9 cm³/mol. The molecule has 2 N–H and O–H groups in total. The van der Waals surface area contributed by atoms with Crippen molar-refractivity contribution in [2.45, 2.75) is 12.8 Å². The molecule has 18 heavy (non-hydrogen) atoms. The minimum atomic E-state index is 0.785. The summed E-state index contributed by atoms with van der Waals surface area (Å²) in [5, 5.41) is 0. The van der Waals surface area contributed by atoms with Gasteiger partial charge in [0.05, 0.1) is 0 Å². The van der Waals surface area contributed by atoms with E-state index in [9.17, 15) is 0 Å². The van der Waals surface area contributed by atoms with Gasteiger partial charge in [0.2, 0.25) is 0 Å². The van der Waals surface area contributed by atoms with E-state index in [1.54, 1.807) is 0 Å². The quantitative estimate of drug-likeness (QED) is 0.832. The Morgan fingerprint density at radius 1 is 0.889 bits per heavy atom. The Bertz CT molecular complexity index is 193. The maximum absolute atomic E-state index is 5.69. The molecule has 108 valence electrons. The number of nitrogens with two attached hydrogens (primary N) is 1. The molecule has 0 saturated carbocycles. The summed E-state index contributed by atoms with van der Waals surface area (Å²) in [7, 11) is 2.24. The average molecular weight is 292 g/mol. The van der Waals surface area contributed by atoms with Gasteiger partial charge in [0, 0.05) is 37.7 Å². The number of hydrogen-bond acceptors (Lipinski definition) is 5. The Morgan fingerprint density at radius 2 is 1.56 bits per heavy atom. The molecule has 1 saturated heterocycles. The zero-order chi connectivity index (χ0) is 13.1. The normalized spacial score (nSPS) is 23.7. The number of rotatable bonds is 2. The molecular weight excluding hydrogens is 262 g/mol. The van der Waals surface area contributed by atoms with Gasteiger partial charge in [-0.05, 0) is 44.5 Å². The van der Waals surface area contributed by atoms with Crippen molar-refractivity contribution in [3.8, 4) is 0 Å². The molecule has 1 fully saturated rings. The summed E-state index contributed by atoms with van der Waals surface area (Å²) >= 11 is 4.23. The van der Waals surface area contributed by atoms with Crippen molar-refractivity contribution in [1.29, 1.82) is 0 Å². The van der Waals surface area contributed by atoms with Crippen LogP contribution in [-0.4, -0.2) is 79.1 Å². The van der Waals surface area contributed by atoms with Crippen molar-refractivity contribution in [1.82, 2.24) is 9.80 Å². The lowest BCUT2D eigenvalue weighted by Gasteiger charge is -2.25. The SMILES string of the molecule is CN1CCCSCCSCCCN(CCN)CC1. The Balaban J connectivity index is 2.29. The lowest BCUT2D eigenvalue weighted by molar-refractivity contribution is 0.230. The van der Waals surface area contributed by atoms with Gasteiger partial charge in [0.25, 0.3) is 0 Å². The van der Waals surface area contributed by atoms with Gasteiger partial charge in [-0.1, -0.05) is 0 Å². The van der Waals surface area contributed by atoms with E-state index >= 15 is 0 Å². The zero-order valence-electron chi connectivity index (χ0n) is 11.8. The highest BCUT2D eigenvalue weighted by molar-refractivity contribution is 8.02. The minimum Gasteiger partial charge on any atom is -0.329 e. The molecular formula is C13H29N3S2. The molecule has 0 unspecified atom stereocenters. The topological polar surface area (TPSA) is 32.5 Å². The number of likely N-dealkylation sites (N-methyl/N-ethyl adjacent to an activating group) is 1. The molecule has 5 heteroatoms. The Morgan fingerprint density at radius 3 is 2.22 bits per heavy atom. The van der Waals surface area contributed by atoms with Gasteiger partial charge in [-0.2, -0.15) is 23.5 Å². The second kappa shape index (κ2) is 11.4. The van der Waals surface area contributed by atoms with Crippen molar-refractivity contribution >= 4 is 23.5 Å². The largest absolute Gasteiger partial charge is 0.329 e. The fourth-order valence-electron chi connectivity index (χ4n) is 2.09. The number of thioether (sulfide) groups is 2. The van der Waals surface area contributed by atoms with E-state index in [-0.39, 0.29) is 0 Å². The monoisotopic (exact) mass is 291 g/mol. The highest BCUT2D eigenvalue weighted by atomic mass is 32.2. The Labute approximate surface area is 121 Å². The van der Waals surface area contributed by atoms with Crippen molar-refractivity contribution in [3.05, 3.63) is 0 Å². The zero-order valence-corrected chi connectivity index (χ0v) is 13.4. The van der Waals surface area contributed by atoms with Crippen molar-refractivity contribution in [3.63, 3.8) is 0 Å². The first-order valence-corrected chi connectivity index (χ1v) is 9.40. The molecule has 0 atom stereocenters. The molecule has 0 aliphatic carbocycles. The molecule has 0 aromatic rings. The Hall–Kier alpha value is 0.580. The molecule has 0 spiro atoms. The van der Waals surface area contributed by atoms with E-state index in [4.69, 9.17) is 5.73 Å². The van der Waals surface area contributed by atoms with Crippen molar-refractivity contribution < 1.29 is 0 Å². The van der Waals surface area contributed by atoms with Gasteiger partial charge < -0.3 is 15.5 Å². The van der Waals surface area contributed by atoms with Gasteiger partial charge >= 0.3 is 0 Å². The predicted octanol–water partition coefficient (Wildman–Crippen LogP) is 1.44. The van der Waals surface area contributed by atoms with E-state index in [2.05, 4.69) is 40.4 Å². The second-order valence-electron chi connectivity index (χ2n) is 4.87. The van der Waals surface area contributed by atoms with Crippen LogP contribution in [0.25, 0.3) is 0 Å². The highest BCUT2D eigenvalue weighted by Gasteiger charge is 2.06. The molecule has 1 rings (SSSR count). The summed E-state index contributed by atoms with van der Waals surface area (Å²) in [4.78, 5) is 4.99. The van der Waals surface area contributed by atoms with Crippen LogP contribution < -0.4 is 5.73 Å². The second-order valence-corrected chi connectivity index (χ2v) is 7.31. The van der Waals surface area contributed by atoms with Gasteiger partial charge in [-0.25, -0.2) is 0 Å². The minimum absolute atomic E-state index is 0.785. The van der Waals surface area contributed by atoms with Crippen LogP contribution in [-0.2, 0) is 0 Å². The van der Waals surface area contributed by atoms with Gasteiger partial charge in [0.15, 0.2) is 0 Å². The fraction of sp³-hybridized carbons (Fsp3) is 1.00. The first kappa shape index (κ1) is 16.6. The molecule has 1 aliphatic rings. The van der Waals surface area contributed by atoms with E-state index in [1.165, 1.54) is 62.0 Å². The third-order valence-corrected chi connectivity index (χ3v) is 5.61. The molecule has 1 aliphatic heterocycles. The number of nitrogens with zero attached hydrogens (tertiary/aromatic N) is 2. The van der Waals surface area contributed by atoms with E-state index in [0.717, 1.165) is 13.1 Å². The Kier molecular flexibility index (Phi) is 10.5. The summed E-state index contributed by atoms with van der Waals surface area (Å²) in [6.45, 7) is 6.63. The molecule has 0 radical (unpaired) electrons. The van der Waals surface area contributed by atoms with Crippen LogP contribution >= 0.6 is 23.5 Å². The summed E-state index contributed by atoms with van der Waals surface area (Å²) in [6.07, 6.45) is 2.63. The third kappa shape index (κ3) is 8.64. The lowest BCUT2D eigenvalue weighted by atomic mass is 10.3. The highest BCUT2D eigenvalue weighted by Crippen LogP contribution is 2.10. The van der Waals surface area contributed by atoms with Crippen molar-refractivity contribution in [2.75, 3.05) is 69.3 Å². The van der Waals surface area contributed by atoms with Crippen LogP contribution in [0, 0.1) is 0 Å². The van der Waals surface area contributed by atoms with Crippen LogP contribution in [0.2, 0.25) is 0 Å². The van der Waals surface area contributed by atoms with Gasteiger partial charge in [0.1, 0.15) is 0 Å².